The van der Waals surface area contributed by atoms with E-state index in [1.807, 2.05) is 18.7 Å². The number of nitrogens with zero attached hydrogens (tertiary/aromatic N) is 1. The van der Waals surface area contributed by atoms with E-state index in [0.717, 1.165) is 44.9 Å². The molecule has 5 N–H and O–H groups in total. The third-order valence-corrected chi connectivity index (χ3v) is 6.60. The fourth-order valence-electron chi connectivity index (χ4n) is 4.72. The molecule has 0 radical (unpaired) electrons. The third kappa shape index (κ3) is 6.07. The van der Waals surface area contributed by atoms with E-state index in [1.54, 1.807) is 0 Å². The highest BCUT2D eigenvalue weighted by molar-refractivity contribution is 5.92. The lowest BCUT2D eigenvalue weighted by atomic mass is 9.74. The molecule has 2 rings (SSSR count). The average Bonchev–Trinajstić information content (AvgIpc) is 3.12. The number of likely N-dealkylation sites (tertiary alicyclic amines) is 1. The topological polar surface area (TPSA) is 125 Å². The van der Waals surface area contributed by atoms with Gasteiger partial charge in [0.25, 0.3) is 0 Å². The number of carbonyl (C=O) groups is 3. The highest BCUT2D eigenvalue weighted by Gasteiger charge is 2.47. The minimum absolute atomic E-state index is 0.0421. The number of carboxylic acid groups (broad SMARTS) is 1. The lowest BCUT2D eigenvalue weighted by Crippen LogP contribution is -2.65. The summed E-state index contributed by atoms with van der Waals surface area (Å²) >= 11 is 0. The Balaban J connectivity index is 2.12. The molecule has 1 aliphatic carbocycles. The number of hydrogen-bond donors (Lipinski definition) is 4. The lowest BCUT2D eigenvalue weighted by Gasteiger charge is -2.42. The van der Waals surface area contributed by atoms with Gasteiger partial charge in [-0.05, 0) is 71.3 Å². The second kappa shape index (κ2) is 10.8. The van der Waals surface area contributed by atoms with Crippen LogP contribution in [0.15, 0.2) is 0 Å². The highest BCUT2D eigenvalue weighted by Crippen LogP contribution is 2.35. The van der Waals surface area contributed by atoms with Crippen LogP contribution in [0.25, 0.3) is 0 Å². The van der Waals surface area contributed by atoms with Gasteiger partial charge in [0.15, 0.2) is 0 Å². The Morgan fingerprint density at radius 1 is 1.14 bits per heavy atom. The molecule has 1 heterocycles. The SMILES string of the molecule is CC1CCCN1C(=O)[C@](C)(NC(=O)NC(CCCCN)C(=O)O)C1CCCCC1. The van der Waals surface area contributed by atoms with Gasteiger partial charge in [-0.3, -0.25) is 4.79 Å². The molecule has 0 spiro atoms. The van der Waals surface area contributed by atoms with Gasteiger partial charge in [0.1, 0.15) is 11.6 Å². The van der Waals surface area contributed by atoms with E-state index >= 15 is 0 Å². The van der Waals surface area contributed by atoms with Crippen LogP contribution >= 0.6 is 0 Å². The number of carboxylic acids is 1. The Morgan fingerprint density at radius 2 is 1.83 bits per heavy atom. The molecule has 166 valence electrons. The molecule has 1 saturated carbocycles. The van der Waals surface area contributed by atoms with Gasteiger partial charge >= 0.3 is 12.0 Å². The first kappa shape index (κ1) is 23.4. The molecule has 8 heteroatoms. The molecule has 0 aromatic carbocycles. The standard InChI is InChI=1S/C21H38N4O4/c1-15-9-8-14-25(15)19(28)21(2,16-10-4-3-5-11-16)24-20(29)23-17(18(26)27)12-6-7-13-22/h15-17H,3-14,22H2,1-2H3,(H,26,27)(H2,23,24,29)/t15?,17?,21-/m1/s1. The summed E-state index contributed by atoms with van der Waals surface area (Å²) in [6.07, 6.45) is 8.62. The number of urea groups is 1. The lowest BCUT2D eigenvalue weighted by molar-refractivity contribution is -0.140. The zero-order valence-electron chi connectivity index (χ0n) is 17.9. The van der Waals surface area contributed by atoms with Crippen LogP contribution in [0.1, 0.15) is 78.1 Å². The molecule has 3 amide bonds. The van der Waals surface area contributed by atoms with Crippen molar-refractivity contribution in [3.63, 3.8) is 0 Å². The number of carbonyl (C=O) groups excluding carboxylic acids is 2. The van der Waals surface area contributed by atoms with Gasteiger partial charge < -0.3 is 26.4 Å². The van der Waals surface area contributed by atoms with Crippen molar-refractivity contribution in [1.29, 1.82) is 0 Å². The van der Waals surface area contributed by atoms with Crippen LogP contribution in [0.4, 0.5) is 4.79 Å². The predicted octanol–water partition coefficient (Wildman–Crippen LogP) is 2.22. The molecule has 0 aromatic heterocycles. The third-order valence-electron chi connectivity index (χ3n) is 6.60. The van der Waals surface area contributed by atoms with Crippen LogP contribution in [0.3, 0.4) is 0 Å². The molecule has 3 atom stereocenters. The van der Waals surface area contributed by atoms with Crippen molar-refractivity contribution >= 4 is 17.9 Å². The van der Waals surface area contributed by atoms with Gasteiger partial charge in [-0.1, -0.05) is 19.3 Å². The Hall–Kier alpha value is -1.83. The van der Waals surface area contributed by atoms with Crippen LogP contribution in [0.5, 0.6) is 0 Å². The molecule has 8 nitrogen and oxygen atoms in total. The summed E-state index contributed by atoms with van der Waals surface area (Å²) in [6.45, 7) is 5.06. The van der Waals surface area contributed by atoms with E-state index in [9.17, 15) is 19.5 Å². The molecular formula is C21H38N4O4. The highest BCUT2D eigenvalue weighted by atomic mass is 16.4. The van der Waals surface area contributed by atoms with E-state index in [2.05, 4.69) is 10.6 Å². The van der Waals surface area contributed by atoms with E-state index < -0.39 is 23.6 Å². The molecule has 29 heavy (non-hydrogen) atoms. The Kier molecular flexibility index (Phi) is 8.74. The number of nitrogens with one attached hydrogen (secondary N) is 2. The van der Waals surface area contributed by atoms with Crippen molar-refractivity contribution < 1.29 is 19.5 Å². The van der Waals surface area contributed by atoms with Crippen molar-refractivity contribution in [1.82, 2.24) is 15.5 Å². The largest absolute Gasteiger partial charge is 0.480 e. The summed E-state index contributed by atoms with van der Waals surface area (Å²) < 4.78 is 0. The maximum Gasteiger partial charge on any atom is 0.326 e. The maximum atomic E-state index is 13.5. The van der Waals surface area contributed by atoms with Crippen molar-refractivity contribution in [2.24, 2.45) is 11.7 Å². The number of aliphatic carboxylic acids is 1. The summed E-state index contributed by atoms with van der Waals surface area (Å²) in [5.74, 6) is -1.06. The van der Waals surface area contributed by atoms with Crippen LogP contribution in [-0.2, 0) is 9.59 Å². The smallest absolute Gasteiger partial charge is 0.326 e. The van der Waals surface area contributed by atoms with Gasteiger partial charge in [-0.25, -0.2) is 9.59 Å². The van der Waals surface area contributed by atoms with Crippen LogP contribution in [-0.4, -0.2) is 58.6 Å². The van der Waals surface area contributed by atoms with Crippen LogP contribution in [0.2, 0.25) is 0 Å². The van der Waals surface area contributed by atoms with Gasteiger partial charge in [-0.2, -0.15) is 0 Å². The summed E-state index contributed by atoms with van der Waals surface area (Å²) in [5, 5.41) is 14.9. The second-order valence-corrected chi connectivity index (χ2v) is 8.80. The molecule has 0 aromatic rings. The zero-order chi connectivity index (χ0) is 21.4. The van der Waals surface area contributed by atoms with Crippen molar-refractivity contribution in [3.05, 3.63) is 0 Å². The Labute approximate surface area is 174 Å². The molecule has 2 fully saturated rings. The van der Waals surface area contributed by atoms with Gasteiger partial charge in [0.05, 0.1) is 0 Å². The van der Waals surface area contributed by atoms with Crippen molar-refractivity contribution in [3.8, 4) is 0 Å². The van der Waals surface area contributed by atoms with E-state index in [4.69, 9.17) is 5.73 Å². The number of nitrogens with two attached hydrogens (primary N) is 1. The monoisotopic (exact) mass is 410 g/mol. The van der Waals surface area contributed by atoms with Crippen molar-refractivity contribution in [2.75, 3.05) is 13.1 Å². The summed E-state index contributed by atoms with van der Waals surface area (Å²) in [5.41, 5.74) is 4.45. The van der Waals surface area contributed by atoms with E-state index in [1.165, 1.54) is 0 Å². The number of unbranched alkanes of at least 4 members (excludes halogenated alkanes) is 1. The fraction of sp³-hybridized carbons (Fsp3) is 0.857. The molecule has 2 aliphatic rings. The number of amides is 3. The van der Waals surface area contributed by atoms with Gasteiger partial charge in [0, 0.05) is 12.6 Å². The quantitative estimate of drug-likeness (QED) is 0.434. The molecule has 1 aliphatic heterocycles. The van der Waals surface area contributed by atoms with Crippen LogP contribution < -0.4 is 16.4 Å². The molecule has 2 unspecified atom stereocenters. The summed E-state index contributed by atoms with van der Waals surface area (Å²) in [7, 11) is 0. The fourth-order valence-corrected chi connectivity index (χ4v) is 4.72. The minimum Gasteiger partial charge on any atom is -0.480 e. The predicted molar refractivity (Wildman–Crippen MR) is 111 cm³/mol. The number of rotatable bonds is 9. The van der Waals surface area contributed by atoms with Gasteiger partial charge in [-0.15, -0.1) is 0 Å². The summed E-state index contributed by atoms with van der Waals surface area (Å²) in [4.78, 5) is 39.7. The summed E-state index contributed by atoms with van der Waals surface area (Å²) in [6, 6.07) is -1.41. The molecule has 0 bridgehead atoms. The van der Waals surface area contributed by atoms with Crippen molar-refractivity contribution in [2.45, 2.75) is 95.7 Å². The Bertz CT molecular complexity index is 579. The van der Waals surface area contributed by atoms with Crippen LogP contribution in [0, 0.1) is 5.92 Å². The first-order valence-corrected chi connectivity index (χ1v) is 11.1. The minimum atomic E-state index is -1.07. The van der Waals surface area contributed by atoms with E-state index in [0.29, 0.717) is 32.4 Å². The Morgan fingerprint density at radius 3 is 2.38 bits per heavy atom. The molecule has 1 saturated heterocycles. The second-order valence-electron chi connectivity index (χ2n) is 8.80. The van der Waals surface area contributed by atoms with Gasteiger partial charge in [0.2, 0.25) is 5.91 Å². The average molecular weight is 411 g/mol. The number of hydrogen-bond acceptors (Lipinski definition) is 4. The zero-order valence-corrected chi connectivity index (χ0v) is 17.9. The molecular weight excluding hydrogens is 372 g/mol. The van der Waals surface area contributed by atoms with E-state index in [-0.39, 0.29) is 17.9 Å². The normalized spacial score (nSPS) is 23.3. The first-order chi connectivity index (χ1) is 13.8. The first-order valence-electron chi connectivity index (χ1n) is 11.1. The maximum absolute atomic E-state index is 13.5.